The third-order valence-electron chi connectivity index (χ3n) is 11.7. The highest BCUT2D eigenvalue weighted by Crippen LogP contribution is 2.32. The zero-order chi connectivity index (χ0) is 40.9. The Kier molecular flexibility index (Phi) is 10.5. The van der Waals surface area contributed by atoms with Crippen molar-refractivity contribution >= 4 is 103 Å². The first-order valence-corrected chi connectivity index (χ1v) is 21.5. The molecule has 0 bridgehead atoms. The number of nitrogens with one attached hydrogen (secondary N) is 2. The molecule has 0 spiro atoms. The van der Waals surface area contributed by atoms with Crippen LogP contribution < -0.4 is 10.6 Å². The summed E-state index contributed by atoms with van der Waals surface area (Å²) < 4.78 is 16.1. The number of rotatable bonds is 12. The number of hydrogen-bond acceptors (Lipinski definition) is 8. The van der Waals surface area contributed by atoms with Crippen LogP contribution in [0.2, 0.25) is 15.1 Å². The first-order valence-electron chi connectivity index (χ1n) is 20.3. The molecule has 2 saturated heterocycles. The second-order valence-corrected chi connectivity index (χ2v) is 17.0. The standard InChI is InChI=1S/C45H41Cl3N8O4/c46-31-7-10-38-29(21-31)24-40(59-38)42(57)51-44-49-34-20-27(5-8-36(34)55(44)17-15-53-11-1-2-12-53)19-28-23-39-30(22-33(28)48)25-41(60-39)43(58)52-45-50-35-26-32(47)6-9-37(35)56(45)18-16-54-13-3-4-14-54/h5-10,20-26H,1-4,11-19H2,(H,49,51,57)(H,50,52,58). The van der Waals surface area contributed by atoms with Crippen LogP contribution in [0.4, 0.5) is 11.9 Å². The van der Waals surface area contributed by atoms with Crippen LogP contribution in [0, 0.1) is 0 Å². The van der Waals surface area contributed by atoms with Crippen molar-refractivity contribution in [1.82, 2.24) is 28.9 Å². The van der Waals surface area contributed by atoms with Gasteiger partial charge < -0.3 is 27.8 Å². The van der Waals surface area contributed by atoms with Gasteiger partial charge in [0.1, 0.15) is 11.2 Å². The van der Waals surface area contributed by atoms with Gasteiger partial charge in [-0.3, -0.25) is 20.2 Å². The highest BCUT2D eigenvalue weighted by molar-refractivity contribution is 6.32. The van der Waals surface area contributed by atoms with Crippen molar-refractivity contribution in [2.75, 3.05) is 49.9 Å². The molecule has 0 aliphatic carbocycles. The predicted octanol–water partition coefficient (Wildman–Crippen LogP) is 10.1. The van der Waals surface area contributed by atoms with Crippen molar-refractivity contribution in [3.05, 3.63) is 117 Å². The molecule has 4 aromatic heterocycles. The predicted molar refractivity (Wildman–Crippen MR) is 237 cm³/mol. The maximum atomic E-state index is 13.7. The van der Waals surface area contributed by atoms with E-state index in [0.717, 1.165) is 72.3 Å². The van der Waals surface area contributed by atoms with Gasteiger partial charge in [0.25, 0.3) is 11.8 Å². The third-order valence-corrected chi connectivity index (χ3v) is 12.5. The molecule has 4 aromatic carbocycles. The maximum Gasteiger partial charge on any atom is 0.293 e. The molecule has 6 heterocycles. The topological polar surface area (TPSA) is 127 Å². The second-order valence-electron chi connectivity index (χ2n) is 15.7. The Morgan fingerprint density at radius 3 is 1.75 bits per heavy atom. The van der Waals surface area contributed by atoms with Gasteiger partial charge in [-0.2, -0.15) is 0 Å². The number of fused-ring (bicyclic) bond motifs is 4. The third kappa shape index (κ3) is 7.86. The van der Waals surface area contributed by atoms with Crippen LogP contribution in [0.1, 0.15) is 57.9 Å². The summed E-state index contributed by atoms with van der Waals surface area (Å²) in [5.41, 5.74) is 6.17. The van der Waals surface area contributed by atoms with Gasteiger partial charge in [0, 0.05) is 52.0 Å². The summed E-state index contributed by atoms with van der Waals surface area (Å²) in [4.78, 5) is 41.7. The Morgan fingerprint density at radius 2 is 1.12 bits per heavy atom. The molecule has 0 atom stereocenters. The Balaban J connectivity index is 0.893. The molecule has 306 valence electrons. The van der Waals surface area contributed by atoms with Crippen LogP contribution in [0.3, 0.4) is 0 Å². The molecule has 15 heteroatoms. The van der Waals surface area contributed by atoms with E-state index >= 15 is 0 Å². The molecule has 2 aliphatic rings. The summed E-state index contributed by atoms with van der Waals surface area (Å²) in [6.07, 6.45) is 5.26. The smallest absolute Gasteiger partial charge is 0.293 e. The number of likely N-dealkylation sites (tertiary alicyclic amines) is 2. The summed E-state index contributed by atoms with van der Waals surface area (Å²) in [5.74, 6) is 0.395. The van der Waals surface area contributed by atoms with Gasteiger partial charge in [-0.1, -0.05) is 40.9 Å². The van der Waals surface area contributed by atoms with Crippen LogP contribution in [-0.4, -0.2) is 80.0 Å². The number of aromatic nitrogens is 4. The molecule has 2 N–H and O–H groups in total. The number of hydrogen-bond donors (Lipinski definition) is 2. The lowest BCUT2D eigenvalue weighted by Crippen LogP contribution is -2.25. The Labute approximate surface area is 360 Å². The van der Waals surface area contributed by atoms with Gasteiger partial charge in [-0.15, -0.1) is 0 Å². The van der Waals surface area contributed by atoms with E-state index in [-0.39, 0.29) is 11.5 Å². The van der Waals surface area contributed by atoms with Crippen LogP contribution >= 0.6 is 34.8 Å². The van der Waals surface area contributed by atoms with Crippen molar-refractivity contribution in [3.8, 4) is 0 Å². The van der Waals surface area contributed by atoms with Gasteiger partial charge in [-0.05, 0) is 142 Å². The lowest BCUT2D eigenvalue weighted by Gasteiger charge is -2.16. The summed E-state index contributed by atoms with van der Waals surface area (Å²) >= 11 is 19.4. The molecular weight excluding hydrogens is 823 g/mol. The van der Waals surface area contributed by atoms with Gasteiger partial charge in [0.05, 0.1) is 22.1 Å². The van der Waals surface area contributed by atoms with E-state index in [9.17, 15) is 9.59 Å². The van der Waals surface area contributed by atoms with Crippen molar-refractivity contribution < 1.29 is 18.4 Å². The summed E-state index contributed by atoms with van der Waals surface area (Å²) in [6.45, 7) is 7.29. The number of imidazole rings is 2. The number of anilines is 2. The molecule has 0 radical (unpaired) electrons. The van der Waals surface area contributed by atoms with E-state index in [4.69, 9.17) is 53.6 Å². The fraction of sp³-hybridized carbons (Fsp3) is 0.289. The van der Waals surface area contributed by atoms with Gasteiger partial charge in [0.2, 0.25) is 11.9 Å². The number of nitrogens with zero attached hydrogens (tertiary/aromatic N) is 6. The van der Waals surface area contributed by atoms with Crippen LogP contribution in [0.15, 0.2) is 87.7 Å². The Bertz CT molecular complexity index is 2940. The average Bonchev–Trinajstić information content (AvgIpc) is 4.09. The normalized spacial score (nSPS) is 15.1. The Morgan fingerprint density at radius 1 is 0.583 bits per heavy atom. The fourth-order valence-corrected chi connectivity index (χ4v) is 9.13. The molecular formula is C45H41Cl3N8O4. The summed E-state index contributed by atoms with van der Waals surface area (Å²) in [7, 11) is 0. The molecule has 2 amide bonds. The van der Waals surface area contributed by atoms with E-state index in [0.29, 0.717) is 68.5 Å². The lowest BCUT2D eigenvalue weighted by molar-refractivity contribution is 0.0990. The van der Waals surface area contributed by atoms with Crippen LogP contribution in [0.25, 0.3) is 44.0 Å². The second kappa shape index (κ2) is 16.2. The van der Waals surface area contributed by atoms with E-state index in [1.165, 1.54) is 25.7 Å². The quantitative estimate of drug-likeness (QED) is 0.124. The van der Waals surface area contributed by atoms with E-state index in [1.807, 2.05) is 41.0 Å². The van der Waals surface area contributed by atoms with Crippen molar-refractivity contribution in [2.45, 2.75) is 45.2 Å². The number of halogens is 3. The molecule has 2 aliphatic heterocycles. The van der Waals surface area contributed by atoms with E-state index in [2.05, 4.69) is 31.1 Å². The molecule has 12 nitrogen and oxygen atoms in total. The fourth-order valence-electron chi connectivity index (χ4n) is 8.55. The molecule has 10 rings (SSSR count). The minimum Gasteiger partial charge on any atom is -0.451 e. The molecule has 2 fully saturated rings. The number of amides is 2. The molecule has 0 saturated carbocycles. The number of carbonyl (C=O) groups is 2. The molecule has 60 heavy (non-hydrogen) atoms. The number of benzene rings is 4. The number of carbonyl (C=O) groups excluding carboxylic acids is 2. The van der Waals surface area contributed by atoms with Gasteiger partial charge in [-0.25, -0.2) is 9.97 Å². The molecule has 8 aromatic rings. The largest absolute Gasteiger partial charge is 0.451 e. The van der Waals surface area contributed by atoms with Crippen LogP contribution in [-0.2, 0) is 19.5 Å². The van der Waals surface area contributed by atoms with Gasteiger partial charge in [0.15, 0.2) is 11.5 Å². The van der Waals surface area contributed by atoms with Crippen LogP contribution in [0.5, 0.6) is 0 Å². The first kappa shape index (κ1) is 38.8. The lowest BCUT2D eigenvalue weighted by atomic mass is 10.0. The summed E-state index contributed by atoms with van der Waals surface area (Å²) in [6, 6.07) is 24.0. The van der Waals surface area contributed by atoms with Crippen molar-refractivity contribution in [1.29, 1.82) is 0 Å². The van der Waals surface area contributed by atoms with Crippen molar-refractivity contribution in [2.24, 2.45) is 0 Å². The van der Waals surface area contributed by atoms with E-state index in [1.54, 1.807) is 36.4 Å². The molecule has 0 unspecified atom stereocenters. The highest BCUT2D eigenvalue weighted by atomic mass is 35.5. The zero-order valence-electron chi connectivity index (χ0n) is 32.6. The minimum atomic E-state index is -0.411. The minimum absolute atomic E-state index is 0.149. The Hall–Kier alpha value is -5.37. The monoisotopic (exact) mass is 862 g/mol. The van der Waals surface area contributed by atoms with Gasteiger partial charge >= 0.3 is 0 Å². The highest BCUT2D eigenvalue weighted by Gasteiger charge is 2.22. The maximum absolute atomic E-state index is 13.7. The first-order chi connectivity index (χ1) is 29.2. The van der Waals surface area contributed by atoms with Crippen molar-refractivity contribution in [3.63, 3.8) is 0 Å². The number of furan rings is 2. The average molecular weight is 864 g/mol. The van der Waals surface area contributed by atoms with E-state index < -0.39 is 11.8 Å². The summed E-state index contributed by atoms with van der Waals surface area (Å²) in [5, 5.41) is 9.16. The SMILES string of the molecule is O=C(Nc1nc2cc(Cl)ccc2n1CCN1CCCC1)c1cc2cc(Cl)c(Cc3ccc4c(c3)nc(NC(=O)c3cc5cc(Cl)ccc5o3)n4CCN3CCCC3)cc2o1. The zero-order valence-corrected chi connectivity index (χ0v) is 34.9.